The van der Waals surface area contributed by atoms with Crippen molar-refractivity contribution in [2.45, 2.75) is 6.92 Å². The number of nitrogens with zero attached hydrogens (tertiary/aromatic N) is 1. The number of hydrogen-bond acceptors (Lipinski definition) is 4. The highest BCUT2D eigenvalue weighted by Gasteiger charge is 2.14. The second-order valence-electron chi connectivity index (χ2n) is 4.19. The molecule has 20 heavy (non-hydrogen) atoms. The average Bonchev–Trinajstić information content (AvgIpc) is 2.47. The second-order valence-corrected chi connectivity index (χ2v) is 4.19. The number of amides is 1. The maximum Gasteiger partial charge on any atom is 0.257 e. The molecule has 1 aromatic carbocycles. The van der Waals surface area contributed by atoms with E-state index in [1.165, 1.54) is 7.11 Å². The number of aryl methyl sites for hydroxylation is 1. The van der Waals surface area contributed by atoms with Crippen molar-refractivity contribution in [2.75, 3.05) is 19.5 Å². The average molecular weight is 272 g/mol. The molecule has 0 atom stereocenters. The van der Waals surface area contributed by atoms with Crippen LogP contribution in [0.1, 0.15) is 15.9 Å². The molecule has 0 spiro atoms. The Morgan fingerprint density at radius 1 is 1.15 bits per heavy atom. The van der Waals surface area contributed by atoms with E-state index in [1.807, 2.05) is 13.0 Å². The van der Waals surface area contributed by atoms with Crippen LogP contribution in [0.3, 0.4) is 0 Å². The van der Waals surface area contributed by atoms with Crippen molar-refractivity contribution in [1.82, 2.24) is 4.98 Å². The Hall–Kier alpha value is -2.56. The molecule has 5 heteroatoms. The highest BCUT2D eigenvalue weighted by molar-refractivity contribution is 6.05. The first-order chi connectivity index (χ1) is 9.65. The second kappa shape index (κ2) is 6.06. The van der Waals surface area contributed by atoms with Crippen molar-refractivity contribution < 1.29 is 14.3 Å². The molecule has 0 saturated heterocycles. The number of benzene rings is 1. The van der Waals surface area contributed by atoms with Gasteiger partial charge in [-0.1, -0.05) is 6.07 Å². The zero-order valence-corrected chi connectivity index (χ0v) is 11.6. The standard InChI is InChI=1S/C15H16N2O3/c1-10-8-12(19-2)13(20-3)9-11(10)15(18)17-14-6-4-5-7-16-14/h4-9H,1-3H3,(H,16,17,18). The smallest absolute Gasteiger partial charge is 0.257 e. The van der Waals surface area contributed by atoms with Crippen LogP contribution < -0.4 is 14.8 Å². The van der Waals surface area contributed by atoms with Crippen LogP contribution in [0.2, 0.25) is 0 Å². The molecule has 1 N–H and O–H groups in total. The zero-order valence-electron chi connectivity index (χ0n) is 11.6. The number of ether oxygens (including phenoxy) is 2. The maximum absolute atomic E-state index is 12.3. The van der Waals surface area contributed by atoms with Gasteiger partial charge in [-0.15, -0.1) is 0 Å². The van der Waals surface area contributed by atoms with Gasteiger partial charge in [-0.2, -0.15) is 0 Å². The molecule has 1 heterocycles. The van der Waals surface area contributed by atoms with Crippen LogP contribution in [0.4, 0.5) is 5.82 Å². The predicted molar refractivity (Wildman–Crippen MR) is 76.5 cm³/mol. The summed E-state index contributed by atoms with van der Waals surface area (Å²) in [4.78, 5) is 16.3. The highest BCUT2D eigenvalue weighted by Crippen LogP contribution is 2.30. The summed E-state index contributed by atoms with van der Waals surface area (Å²) in [5.41, 5.74) is 1.32. The molecule has 2 aromatic rings. The molecule has 5 nitrogen and oxygen atoms in total. The molecule has 0 bridgehead atoms. The zero-order chi connectivity index (χ0) is 14.5. The Balaban J connectivity index is 2.30. The number of methoxy groups -OCH3 is 2. The normalized spacial score (nSPS) is 9.95. The van der Waals surface area contributed by atoms with Crippen molar-refractivity contribution in [3.63, 3.8) is 0 Å². The number of rotatable bonds is 4. The van der Waals surface area contributed by atoms with E-state index in [4.69, 9.17) is 9.47 Å². The number of nitrogens with one attached hydrogen (secondary N) is 1. The van der Waals surface area contributed by atoms with Crippen molar-refractivity contribution in [1.29, 1.82) is 0 Å². The first-order valence-corrected chi connectivity index (χ1v) is 6.10. The first-order valence-electron chi connectivity index (χ1n) is 6.10. The number of carbonyl (C=O) groups excluding carboxylic acids is 1. The molecule has 104 valence electrons. The third kappa shape index (κ3) is 2.88. The fourth-order valence-corrected chi connectivity index (χ4v) is 1.85. The lowest BCUT2D eigenvalue weighted by atomic mass is 10.1. The van der Waals surface area contributed by atoms with Gasteiger partial charge >= 0.3 is 0 Å². The summed E-state index contributed by atoms with van der Waals surface area (Å²) in [6.45, 7) is 1.84. The third-order valence-corrected chi connectivity index (χ3v) is 2.88. The van der Waals surface area contributed by atoms with Crippen LogP contribution in [0.15, 0.2) is 36.5 Å². The summed E-state index contributed by atoms with van der Waals surface area (Å²) in [7, 11) is 3.10. The quantitative estimate of drug-likeness (QED) is 0.929. The van der Waals surface area contributed by atoms with Crippen molar-refractivity contribution >= 4 is 11.7 Å². The van der Waals surface area contributed by atoms with Gasteiger partial charge in [0, 0.05) is 11.8 Å². The highest BCUT2D eigenvalue weighted by atomic mass is 16.5. The number of pyridine rings is 1. The van der Waals surface area contributed by atoms with Gasteiger partial charge in [0.15, 0.2) is 11.5 Å². The lowest BCUT2D eigenvalue weighted by Crippen LogP contribution is -2.14. The number of aromatic nitrogens is 1. The van der Waals surface area contributed by atoms with E-state index in [0.29, 0.717) is 22.9 Å². The molecule has 0 saturated carbocycles. The first kappa shape index (κ1) is 13.9. The van der Waals surface area contributed by atoms with Crippen LogP contribution in [-0.2, 0) is 0 Å². The largest absolute Gasteiger partial charge is 0.493 e. The lowest BCUT2D eigenvalue weighted by molar-refractivity contribution is 0.102. The number of anilines is 1. The van der Waals surface area contributed by atoms with Crippen LogP contribution in [0, 0.1) is 6.92 Å². The van der Waals surface area contributed by atoms with Gasteiger partial charge in [0.25, 0.3) is 5.91 Å². The van der Waals surface area contributed by atoms with E-state index in [9.17, 15) is 4.79 Å². The van der Waals surface area contributed by atoms with E-state index in [1.54, 1.807) is 37.6 Å². The molecule has 0 aliphatic heterocycles. The minimum Gasteiger partial charge on any atom is -0.493 e. The van der Waals surface area contributed by atoms with E-state index >= 15 is 0 Å². The van der Waals surface area contributed by atoms with Gasteiger partial charge in [-0.25, -0.2) is 4.98 Å². The van der Waals surface area contributed by atoms with Crippen molar-refractivity contribution in [3.8, 4) is 11.5 Å². The molecule has 0 aliphatic rings. The number of hydrogen-bond donors (Lipinski definition) is 1. The van der Waals surface area contributed by atoms with Gasteiger partial charge in [-0.05, 0) is 36.8 Å². The molecular formula is C15H16N2O3. The lowest BCUT2D eigenvalue weighted by Gasteiger charge is -2.12. The maximum atomic E-state index is 12.3. The molecule has 0 fully saturated rings. The molecule has 0 radical (unpaired) electrons. The van der Waals surface area contributed by atoms with Crippen molar-refractivity contribution in [2.24, 2.45) is 0 Å². The van der Waals surface area contributed by atoms with Gasteiger partial charge in [0.05, 0.1) is 14.2 Å². The van der Waals surface area contributed by atoms with E-state index in [-0.39, 0.29) is 5.91 Å². The minimum absolute atomic E-state index is 0.234. The van der Waals surface area contributed by atoms with Crippen LogP contribution >= 0.6 is 0 Å². The summed E-state index contributed by atoms with van der Waals surface area (Å²) in [6, 6.07) is 8.76. The Morgan fingerprint density at radius 3 is 2.45 bits per heavy atom. The molecule has 2 rings (SSSR count). The Bertz CT molecular complexity index is 612. The number of carbonyl (C=O) groups is 1. The van der Waals surface area contributed by atoms with Gasteiger partial charge in [-0.3, -0.25) is 4.79 Å². The van der Waals surface area contributed by atoms with E-state index in [0.717, 1.165) is 5.56 Å². The fraction of sp³-hybridized carbons (Fsp3) is 0.200. The van der Waals surface area contributed by atoms with Crippen LogP contribution in [0.5, 0.6) is 11.5 Å². The third-order valence-electron chi connectivity index (χ3n) is 2.88. The molecule has 0 aliphatic carbocycles. The summed E-state index contributed by atoms with van der Waals surface area (Å²) < 4.78 is 10.4. The molecule has 0 unspecified atom stereocenters. The molecule has 1 amide bonds. The van der Waals surface area contributed by atoms with Crippen molar-refractivity contribution in [3.05, 3.63) is 47.7 Å². The minimum atomic E-state index is -0.234. The van der Waals surface area contributed by atoms with Crippen LogP contribution in [0.25, 0.3) is 0 Å². The van der Waals surface area contributed by atoms with Gasteiger partial charge < -0.3 is 14.8 Å². The predicted octanol–water partition coefficient (Wildman–Crippen LogP) is 2.66. The summed E-state index contributed by atoms with van der Waals surface area (Å²) in [5.74, 6) is 1.39. The summed E-state index contributed by atoms with van der Waals surface area (Å²) in [5, 5.41) is 2.74. The summed E-state index contributed by atoms with van der Waals surface area (Å²) in [6.07, 6.45) is 1.62. The molecular weight excluding hydrogens is 256 g/mol. The fourth-order valence-electron chi connectivity index (χ4n) is 1.85. The van der Waals surface area contributed by atoms with E-state index < -0.39 is 0 Å². The van der Waals surface area contributed by atoms with E-state index in [2.05, 4.69) is 10.3 Å². The van der Waals surface area contributed by atoms with Crippen LogP contribution in [-0.4, -0.2) is 25.1 Å². The monoisotopic (exact) mass is 272 g/mol. The topological polar surface area (TPSA) is 60.5 Å². The Labute approximate surface area is 117 Å². The van der Waals surface area contributed by atoms with Gasteiger partial charge in [0.2, 0.25) is 0 Å². The Kier molecular flexibility index (Phi) is 4.20. The van der Waals surface area contributed by atoms with Gasteiger partial charge in [0.1, 0.15) is 5.82 Å². The summed E-state index contributed by atoms with van der Waals surface area (Å²) >= 11 is 0. The SMILES string of the molecule is COc1cc(C)c(C(=O)Nc2ccccn2)cc1OC. The Morgan fingerprint density at radius 2 is 1.85 bits per heavy atom. The molecule has 1 aromatic heterocycles.